The monoisotopic (exact) mass is 531 g/mol. The Kier molecular flexibility index (Phi) is 11.4. The van der Waals surface area contributed by atoms with Gasteiger partial charge in [0.25, 0.3) is 0 Å². The molecule has 0 aliphatic rings. The van der Waals surface area contributed by atoms with Crippen LogP contribution in [0.4, 0.5) is 5.69 Å². The van der Waals surface area contributed by atoms with Crippen molar-refractivity contribution in [2.45, 2.75) is 72.0 Å². The van der Waals surface area contributed by atoms with E-state index in [4.69, 9.17) is 4.74 Å². The van der Waals surface area contributed by atoms with Crippen LogP contribution in [0.25, 0.3) is 0 Å². The second kappa shape index (κ2) is 14.0. The first-order valence-corrected chi connectivity index (χ1v) is 14.6. The molecule has 2 aromatic carbocycles. The third kappa shape index (κ3) is 9.07. The highest BCUT2D eigenvalue weighted by molar-refractivity contribution is 7.92. The lowest BCUT2D eigenvalue weighted by molar-refractivity contribution is -0.140. The molecule has 9 heteroatoms. The summed E-state index contributed by atoms with van der Waals surface area (Å²) in [7, 11) is -1.95. The van der Waals surface area contributed by atoms with Crippen molar-refractivity contribution in [3.63, 3.8) is 0 Å². The van der Waals surface area contributed by atoms with E-state index in [2.05, 4.69) is 5.32 Å². The molecule has 1 N–H and O–H groups in total. The van der Waals surface area contributed by atoms with E-state index in [9.17, 15) is 18.0 Å². The molecule has 37 heavy (non-hydrogen) atoms. The standard InChI is InChI=1S/C28H41N3O5S/c1-7-21(3)29-28(33)22(4)30(20-24-11-9-12-26(19-24)36-5)27(32)13-10-18-31(37(6,34)35)25-16-14-23(8-2)15-17-25/h9,11-12,14-17,19,21-22H,7-8,10,13,18,20H2,1-6H3,(H,29,33)/t21-,22-/m0/s1. The van der Waals surface area contributed by atoms with Gasteiger partial charge in [0.2, 0.25) is 21.8 Å². The van der Waals surface area contributed by atoms with E-state index in [0.29, 0.717) is 17.9 Å². The van der Waals surface area contributed by atoms with Crippen molar-refractivity contribution in [1.82, 2.24) is 10.2 Å². The van der Waals surface area contributed by atoms with Crippen molar-refractivity contribution in [2.75, 3.05) is 24.2 Å². The normalized spacial score (nSPS) is 12.9. The first-order chi connectivity index (χ1) is 17.5. The summed E-state index contributed by atoms with van der Waals surface area (Å²) in [6.45, 7) is 8.06. The molecule has 0 fully saturated rings. The van der Waals surface area contributed by atoms with Gasteiger partial charge in [-0.3, -0.25) is 13.9 Å². The molecule has 0 spiro atoms. The van der Waals surface area contributed by atoms with Gasteiger partial charge in [-0.25, -0.2) is 8.42 Å². The first-order valence-electron chi connectivity index (χ1n) is 12.8. The van der Waals surface area contributed by atoms with Gasteiger partial charge in [-0.05, 0) is 68.5 Å². The molecular weight excluding hydrogens is 490 g/mol. The molecule has 0 saturated carbocycles. The predicted octanol–water partition coefficient (Wildman–Crippen LogP) is 4.14. The fraction of sp³-hybridized carbons (Fsp3) is 0.500. The van der Waals surface area contributed by atoms with Gasteiger partial charge in [0.15, 0.2) is 0 Å². The number of nitrogens with zero attached hydrogens (tertiary/aromatic N) is 2. The third-order valence-corrected chi connectivity index (χ3v) is 7.63. The van der Waals surface area contributed by atoms with Crippen LogP contribution in [0, 0.1) is 0 Å². The summed E-state index contributed by atoms with van der Waals surface area (Å²) in [4.78, 5) is 27.9. The van der Waals surface area contributed by atoms with Crippen LogP contribution in [0.2, 0.25) is 0 Å². The minimum absolute atomic E-state index is 0.00821. The number of carbonyl (C=O) groups is 2. The first kappa shape index (κ1) is 30.2. The van der Waals surface area contributed by atoms with E-state index in [-0.39, 0.29) is 37.4 Å². The van der Waals surface area contributed by atoms with Crippen molar-refractivity contribution >= 4 is 27.5 Å². The number of sulfonamides is 1. The molecule has 0 radical (unpaired) electrons. The predicted molar refractivity (Wildman–Crippen MR) is 148 cm³/mol. The van der Waals surface area contributed by atoms with Gasteiger partial charge >= 0.3 is 0 Å². The minimum atomic E-state index is -3.53. The number of hydrogen-bond donors (Lipinski definition) is 1. The topological polar surface area (TPSA) is 96.0 Å². The summed E-state index contributed by atoms with van der Waals surface area (Å²) < 4.78 is 31.6. The van der Waals surface area contributed by atoms with Crippen LogP contribution in [-0.4, -0.2) is 57.1 Å². The van der Waals surface area contributed by atoms with E-state index in [1.165, 1.54) is 10.6 Å². The SMILES string of the molecule is CCc1ccc(N(CCCC(=O)N(Cc2cccc(OC)c2)[C@@H](C)C(=O)N[C@@H](C)CC)S(C)(=O)=O)cc1. The number of nitrogens with one attached hydrogen (secondary N) is 1. The number of hydrogen-bond acceptors (Lipinski definition) is 5. The van der Waals surface area contributed by atoms with Crippen LogP contribution in [0.3, 0.4) is 0 Å². The Bertz CT molecular complexity index is 1130. The molecule has 0 aliphatic carbocycles. The van der Waals surface area contributed by atoms with Crippen molar-refractivity contribution in [3.8, 4) is 5.75 Å². The van der Waals surface area contributed by atoms with Gasteiger partial charge < -0.3 is 15.0 Å². The van der Waals surface area contributed by atoms with E-state index in [1.54, 1.807) is 31.1 Å². The molecule has 2 aromatic rings. The van der Waals surface area contributed by atoms with Crippen molar-refractivity contribution in [1.29, 1.82) is 0 Å². The molecule has 0 saturated heterocycles. The average molecular weight is 532 g/mol. The quantitative estimate of drug-likeness (QED) is 0.395. The number of ether oxygens (including phenoxy) is 1. The lowest BCUT2D eigenvalue weighted by Gasteiger charge is -2.30. The number of benzene rings is 2. The van der Waals surface area contributed by atoms with Gasteiger partial charge in [0.05, 0.1) is 19.1 Å². The van der Waals surface area contributed by atoms with Crippen molar-refractivity contribution in [3.05, 3.63) is 59.7 Å². The molecule has 2 rings (SSSR count). The highest BCUT2D eigenvalue weighted by Gasteiger charge is 2.27. The van der Waals surface area contributed by atoms with Crippen molar-refractivity contribution < 1.29 is 22.7 Å². The average Bonchev–Trinajstić information content (AvgIpc) is 2.88. The van der Waals surface area contributed by atoms with Crippen LogP contribution in [0.1, 0.15) is 58.1 Å². The third-order valence-electron chi connectivity index (χ3n) is 6.44. The summed E-state index contributed by atoms with van der Waals surface area (Å²) in [6.07, 6.45) is 3.22. The molecule has 2 amide bonds. The second-order valence-electron chi connectivity index (χ2n) is 9.33. The van der Waals surface area contributed by atoms with Gasteiger partial charge in [0.1, 0.15) is 11.8 Å². The van der Waals surface area contributed by atoms with Crippen LogP contribution < -0.4 is 14.4 Å². The maximum atomic E-state index is 13.4. The molecule has 0 unspecified atom stereocenters. The Morgan fingerprint density at radius 1 is 1.03 bits per heavy atom. The molecule has 0 bridgehead atoms. The van der Waals surface area contributed by atoms with Crippen LogP contribution in [-0.2, 0) is 32.6 Å². The molecular formula is C28H41N3O5S. The lowest BCUT2D eigenvalue weighted by atomic mass is 10.1. The Hall–Kier alpha value is -3.07. The number of amides is 2. The zero-order valence-electron chi connectivity index (χ0n) is 22.9. The van der Waals surface area contributed by atoms with E-state index in [1.807, 2.05) is 57.2 Å². The highest BCUT2D eigenvalue weighted by atomic mass is 32.2. The molecule has 8 nitrogen and oxygen atoms in total. The van der Waals surface area contributed by atoms with Crippen LogP contribution >= 0.6 is 0 Å². The number of methoxy groups -OCH3 is 1. The van der Waals surface area contributed by atoms with E-state index < -0.39 is 16.1 Å². The van der Waals surface area contributed by atoms with E-state index >= 15 is 0 Å². The van der Waals surface area contributed by atoms with Gasteiger partial charge in [0, 0.05) is 25.6 Å². The molecule has 0 aromatic heterocycles. The maximum absolute atomic E-state index is 13.4. The summed E-state index contributed by atoms with van der Waals surface area (Å²) >= 11 is 0. The van der Waals surface area contributed by atoms with Crippen molar-refractivity contribution in [2.24, 2.45) is 0 Å². The van der Waals surface area contributed by atoms with Gasteiger partial charge in [-0.1, -0.05) is 38.1 Å². The Labute approximate surface area is 222 Å². The number of rotatable bonds is 14. The zero-order valence-corrected chi connectivity index (χ0v) is 23.7. The summed E-state index contributed by atoms with van der Waals surface area (Å²) in [5.74, 6) is 0.225. The maximum Gasteiger partial charge on any atom is 0.242 e. The van der Waals surface area contributed by atoms with E-state index in [0.717, 1.165) is 24.0 Å². The van der Waals surface area contributed by atoms with Crippen LogP contribution in [0.15, 0.2) is 48.5 Å². The largest absolute Gasteiger partial charge is 0.497 e. The fourth-order valence-electron chi connectivity index (χ4n) is 3.92. The van der Waals surface area contributed by atoms with Gasteiger partial charge in [-0.2, -0.15) is 0 Å². The number of carbonyl (C=O) groups excluding carboxylic acids is 2. The Balaban J connectivity index is 2.19. The smallest absolute Gasteiger partial charge is 0.242 e. The number of anilines is 1. The minimum Gasteiger partial charge on any atom is -0.497 e. The lowest BCUT2D eigenvalue weighted by Crippen LogP contribution is -2.49. The van der Waals surface area contributed by atoms with Gasteiger partial charge in [-0.15, -0.1) is 0 Å². The summed E-state index contributed by atoms with van der Waals surface area (Å²) in [5.41, 5.74) is 2.52. The second-order valence-corrected chi connectivity index (χ2v) is 11.2. The summed E-state index contributed by atoms with van der Waals surface area (Å²) in [5, 5.41) is 2.95. The fourth-order valence-corrected chi connectivity index (χ4v) is 4.88. The zero-order chi connectivity index (χ0) is 27.6. The molecule has 2 atom stereocenters. The Morgan fingerprint density at radius 2 is 1.70 bits per heavy atom. The molecule has 0 aliphatic heterocycles. The number of aryl methyl sites for hydroxylation is 1. The van der Waals surface area contributed by atoms with Crippen LogP contribution in [0.5, 0.6) is 5.75 Å². The Morgan fingerprint density at radius 3 is 2.27 bits per heavy atom. The molecule has 204 valence electrons. The molecule has 0 heterocycles. The summed E-state index contributed by atoms with van der Waals surface area (Å²) in [6, 6.07) is 14.1. The highest BCUT2D eigenvalue weighted by Crippen LogP contribution is 2.21.